The monoisotopic (exact) mass is 390 g/mol. The van der Waals surface area contributed by atoms with Gasteiger partial charge in [-0.25, -0.2) is 9.37 Å². The second kappa shape index (κ2) is 9.16. The maximum atomic E-state index is 12.9. The fourth-order valence-electron chi connectivity index (χ4n) is 4.34. The molecule has 1 atom stereocenters. The fourth-order valence-corrected chi connectivity index (χ4v) is 4.34. The van der Waals surface area contributed by atoms with E-state index in [-0.39, 0.29) is 11.9 Å². The minimum Gasteiger partial charge on any atom is -0.292 e. The molecule has 0 saturated carbocycles. The van der Waals surface area contributed by atoms with Gasteiger partial charge < -0.3 is 0 Å². The molecule has 0 N–H and O–H groups in total. The number of piperidine rings is 1. The van der Waals surface area contributed by atoms with E-state index in [4.69, 9.17) is 4.99 Å². The molecule has 2 fully saturated rings. The van der Waals surface area contributed by atoms with Crippen molar-refractivity contribution in [3.8, 4) is 0 Å². The lowest BCUT2D eigenvalue weighted by molar-refractivity contribution is -0.537. The SMILES string of the molecule is CCCCCCC[N+]1=C(CN2CCC(C)CC2)N=C2C1C(=O)N(C)C(=O)N2C. The molecule has 2 saturated heterocycles. The van der Waals surface area contributed by atoms with E-state index in [1.54, 1.807) is 19.0 Å². The van der Waals surface area contributed by atoms with Gasteiger partial charge in [-0.2, -0.15) is 0 Å². The highest BCUT2D eigenvalue weighted by atomic mass is 16.2. The third-order valence-corrected chi connectivity index (χ3v) is 6.36. The Labute approximate surface area is 169 Å². The minimum absolute atomic E-state index is 0.155. The highest BCUT2D eigenvalue weighted by molar-refractivity contribution is 6.23. The van der Waals surface area contributed by atoms with Crippen molar-refractivity contribution in [2.45, 2.75) is 64.8 Å². The van der Waals surface area contributed by atoms with Crippen LogP contribution in [0.1, 0.15) is 58.8 Å². The molecule has 7 heteroatoms. The fraction of sp³-hybridized carbons (Fsp3) is 0.810. The molecule has 0 aromatic rings. The summed E-state index contributed by atoms with van der Waals surface area (Å²) in [6.45, 7) is 8.27. The summed E-state index contributed by atoms with van der Waals surface area (Å²) < 4.78 is 2.17. The summed E-state index contributed by atoms with van der Waals surface area (Å²) in [5.41, 5.74) is 0. The van der Waals surface area contributed by atoms with Crippen LogP contribution in [-0.4, -0.2) is 89.2 Å². The maximum Gasteiger partial charge on any atom is 0.333 e. The zero-order valence-electron chi connectivity index (χ0n) is 18.0. The summed E-state index contributed by atoms with van der Waals surface area (Å²) in [4.78, 5) is 35.3. The molecule has 0 aromatic heterocycles. The van der Waals surface area contributed by atoms with E-state index in [0.717, 1.165) is 44.4 Å². The van der Waals surface area contributed by atoms with Gasteiger partial charge in [0.1, 0.15) is 6.54 Å². The average Bonchev–Trinajstić information content (AvgIpc) is 3.04. The molecular weight excluding hydrogens is 354 g/mol. The molecule has 0 bridgehead atoms. The van der Waals surface area contributed by atoms with Gasteiger partial charge in [-0.05, 0) is 49.7 Å². The molecule has 3 rings (SSSR count). The Morgan fingerprint density at radius 3 is 2.39 bits per heavy atom. The molecule has 1 unspecified atom stereocenters. The number of unbranched alkanes of at least 4 members (excludes halogenated alkanes) is 4. The van der Waals surface area contributed by atoms with Crippen molar-refractivity contribution in [3.05, 3.63) is 0 Å². The summed E-state index contributed by atoms with van der Waals surface area (Å²) in [6.07, 6.45) is 8.35. The number of fused-ring (bicyclic) bond motifs is 1. The number of hydrogen-bond acceptors (Lipinski definition) is 4. The first-order valence-electron chi connectivity index (χ1n) is 10.9. The van der Waals surface area contributed by atoms with Gasteiger partial charge in [-0.1, -0.05) is 33.1 Å². The summed E-state index contributed by atoms with van der Waals surface area (Å²) in [5, 5.41) is 0. The van der Waals surface area contributed by atoms with Crippen molar-refractivity contribution in [1.29, 1.82) is 0 Å². The molecule has 7 nitrogen and oxygen atoms in total. The van der Waals surface area contributed by atoms with E-state index < -0.39 is 6.04 Å². The van der Waals surface area contributed by atoms with Gasteiger partial charge in [0.25, 0.3) is 17.8 Å². The lowest BCUT2D eigenvalue weighted by Crippen LogP contribution is -2.61. The van der Waals surface area contributed by atoms with Crippen LogP contribution in [-0.2, 0) is 4.79 Å². The number of rotatable bonds is 8. The number of aliphatic imine (C=N–C) groups is 1. The van der Waals surface area contributed by atoms with Gasteiger partial charge in [0.05, 0.1) is 6.54 Å². The molecule has 28 heavy (non-hydrogen) atoms. The normalized spacial score (nSPS) is 24.3. The minimum atomic E-state index is -0.447. The predicted octanol–water partition coefficient (Wildman–Crippen LogP) is 2.40. The number of carbonyl (C=O) groups is 2. The van der Waals surface area contributed by atoms with Crippen LogP contribution in [0.15, 0.2) is 4.99 Å². The molecule has 3 aliphatic heterocycles. The topological polar surface area (TPSA) is 59.2 Å². The zero-order valence-corrected chi connectivity index (χ0v) is 18.0. The predicted molar refractivity (Wildman–Crippen MR) is 111 cm³/mol. The first-order chi connectivity index (χ1) is 13.4. The Balaban J connectivity index is 1.78. The van der Waals surface area contributed by atoms with Crippen molar-refractivity contribution in [2.75, 3.05) is 40.3 Å². The van der Waals surface area contributed by atoms with Crippen LogP contribution in [0.4, 0.5) is 4.79 Å². The second-order valence-corrected chi connectivity index (χ2v) is 8.59. The molecule has 0 spiro atoms. The van der Waals surface area contributed by atoms with Crippen LogP contribution < -0.4 is 0 Å². The number of nitrogens with zero attached hydrogens (tertiary/aromatic N) is 5. The molecule has 0 aromatic carbocycles. The van der Waals surface area contributed by atoms with Crippen molar-refractivity contribution < 1.29 is 14.2 Å². The van der Waals surface area contributed by atoms with Gasteiger partial charge in [-0.3, -0.25) is 19.5 Å². The molecule has 0 radical (unpaired) electrons. The molecule has 3 amide bonds. The van der Waals surface area contributed by atoms with Crippen LogP contribution in [0.3, 0.4) is 0 Å². The molecule has 156 valence electrons. The van der Waals surface area contributed by atoms with E-state index in [0.29, 0.717) is 5.84 Å². The van der Waals surface area contributed by atoms with Crippen molar-refractivity contribution in [1.82, 2.24) is 14.7 Å². The summed E-state index contributed by atoms with van der Waals surface area (Å²) >= 11 is 0. The Hall–Kier alpha value is -1.76. The summed E-state index contributed by atoms with van der Waals surface area (Å²) in [5.74, 6) is 2.18. The van der Waals surface area contributed by atoms with E-state index in [9.17, 15) is 9.59 Å². The summed E-state index contributed by atoms with van der Waals surface area (Å²) in [6, 6.07) is -0.742. The molecule has 0 aliphatic carbocycles. The third kappa shape index (κ3) is 4.29. The van der Waals surface area contributed by atoms with E-state index in [1.165, 1.54) is 43.4 Å². The number of likely N-dealkylation sites (N-methyl/N-ethyl adjacent to an activating group) is 2. The lowest BCUT2D eigenvalue weighted by atomic mass is 9.99. The van der Waals surface area contributed by atoms with Gasteiger partial charge in [0, 0.05) is 14.1 Å². The number of likely N-dealkylation sites (tertiary alicyclic amines) is 1. The van der Waals surface area contributed by atoms with E-state index in [2.05, 4.69) is 23.3 Å². The van der Waals surface area contributed by atoms with Gasteiger partial charge >= 0.3 is 11.9 Å². The number of amides is 3. The van der Waals surface area contributed by atoms with Crippen molar-refractivity contribution in [3.63, 3.8) is 0 Å². The third-order valence-electron chi connectivity index (χ3n) is 6.36. The largest absolute Gasteiger partial charge is 0.333 e. The van der Waals surface area contributed by atoms with Crippen molar-refractivity contribution in [2.24, 2.45) is 10.9 Å². The number of imide groups is 1. The molecular formula is C21H36N5O2+. The van der Waals surface area contributed by atoms with Gasteiger partial charge in [0.15, 0.2) is 0 Å². The Morgan fingerprint density at radius 2 is 1.71 bits per heavy atom. The Morgan fingerprint density at radius 1 is 1.04 bits per heavy atom. The first-order valence-corrected chi connectivity index (χ1v) is 10.9. The first kappa shape index (κ1) is 21.0. The number of amidine groups is 2. The quantitative estimate of drug-likeness (QED) is 0.472. The van der Waals surface area contributed by atoms with Crippen LogP contribution in [0.25, 0.3) is 0 Å². The molecule has 3 aliphatic rings. The van der Waals surface area contributed by atoms with Crippen LogP contribution >= 0.6 is 0 Å². The standard InChI is InChI=1S/C21H36N5O2/c1-5-6-7-8-9-12-26-17(15-25-13-10-16(2)11-14-25)22-19-18(26)20(27)24(4)21(28)23(19)3/h16,18H,5-15H2,1-4H3/q+1. The number of hydrogen-bond donors (Lipinski definition) is 0. The van der Waals surface area contributed by atoms with Crippen molar-refractivity contribution >= 4 is 23.6 Å². The highest BCUT2D eigenvalue weighted by Gasteiger charge is 2.52. The summed E-state index contributed by atoms with van der Waals surface area (Å²) in [7, 11) is 3.30. The Bertz CT molecular complexity index is 664. The zero-order chi connectivity index (χ0) is 20.3. The number of urea groups is 1. The Kier molecular flexibility index (Phi) is 6.86. The van der Waals surface area contributed by atoms with Crippen LogP contribution in [0, 0.1) is 5.92 Å². The van der Waals surface area contributed by atoms with E-state index in [1.807, 2.05) is 0 Å². The lowest BCUT2D eigenvalue weighted by Gasteiger charge is -2.31. The smallest absolute Gasteiger partial charge is 0.292 e. The molecule has 3 heterocycles. The van der Waals surface area contributed by atoms with Gasteiger partial charge in [0.2, 0.25) is 0 Å². The average molecular weight is 391 g/mol. The van der Waals surface area contributed by atoms with Gasteiger partial charge in [-0.15, -0.1) is 0 Å². The van der Waals surface area contributed by atoms with Crippen LogP contribution in [0.5, 0.6) is 0 Å². The second-order valence-electron chi connectivity index (χ2n) is 8.59. The van der Waals surface area contributed by atoms with E-state index >= 15 is 0 Å². The highest BCUT2D eigenvalue weighted by Crippen LogP contribution is 2.21. The number of carbonyl (C=O) groups excluding carboxylic acids is 2. The maximum absolute atomic E-state index is 12.9. The van der Waals surface area contributed by atoms with Crippen LogP contribution in [0.2, 0.25) is 0 Å².